The molecule has 9 N–H and O–H groups in total. The average Bonchev–Trinajstić information content (AvgIpc) is 3.73. The number of H-pyrrole nitrogens is 1. The van der Waals surface area contributed by atoms with E-state index in [4.69, 9.17) is 4.74 Å². The summed E-state index contributed by atoms with van der Waals surface area (Å²) in [6, 6.07) is 16.6. The number of aryl methyl sites for hydroxylation is 1. The van der Waals surface area contributed by atoms with Gasteiger partial charge in [0.05, 0.1) is 52.2 Å². The van der Waals surface area contributed by atoms with Crippen molar-refractivity contribution in [3.63, 3.8) is 0 Å². The van der Waals surface area contributed by atoms with E-state index in [9.17, 15) is 40.5 Å². The summed E-state index contributed by atoms with van der Waals surface area (Å²) < 4.78 is 7.54. The number of rotatable bonds is 7. The highest BCUT2D eigenvalue weighted by Gasteiger charge is 2.47. The van der Waals surface area contributed by atoms with Crippen molar-refractivity contribution >= 4 is 60.9 Å². The van der Waals surface area contributed by atoms with Crippen LogP contribution in [0.5, 0.6) is 11.5 Å². The fraction of sp³-hybridized carbons (Fsp3) is 0.243. The van der Waals surface area contributed by atoms with Crippen molar-refractivity contribution < 1.29 is 45.3 Å². The Morgan fingerprint density at radius 3 is 2.43 bits per heavy atom. The molecule has 4 heterocycles. The molecular formula is C37H35N5O9. The van der Waals surface area contributed by atoms with E-state index >= 15 is 0 Å². The maximum atomic E-state index is 14.6. The summed E-state index contributed by atoms with van der Waals surface area (Å²) in [5.74, 6) is -0.769. The highest BCUT2D eigenvalue weighted by atomic mass is 16.6. The summed E-state index contributed by atoms with van der Waals surface area (Å²) in [6.45, 7) is 5.16. The van der Waals surface area contributed by atoms with Gasteiger partial charge in [0.2, 0.25) is 0 Å². The third-order valence-corrected chi connectivity index (χ3v) is 9.90. The molecule has 0 radical (unpaired) electrons. The summed E-state index contributed by atoms with van der Waals surface area (Å²) in [7, 11) is 0. The monoisotopic (exact) mass is 693 g/mol. The number of hydrogen-bond acceptors (Lipinski definition) is 11. The van der Waals surface area contributed by atoms with Crippen LogP contribution in [0.25, 0.3) is 43.6 Å². The van der Waals surface area contributed by atoms with Gasteiger partial charge in [0, 0.05) is 39.2 Å². The molecule has 0 saturated carbocycles. The first-order valence-electron chi connectivity index (χ1n) is 16.3. The molecule has 1 fully saturated rings. The Kier molecular flexibility index (Phi) is 7.84. The number of hydrazine groups is 1. The quantitative estimate of drug-likeness (QED) is 0.111. The number of benzene rings is 4. The number of para-hydroxylation sites is 1. The minimum atomic E-state index is -1.72. The molecule has 0 spiro atoms. The number of carbonyl (C=O) groups excluding carboxylic acids is 1. The van der Waals surface area contributed by atoms with E-state index < -0.39 is 49.4 Å². The Balaban J connectivity index is 1.38. The third kappa shape index (κ3) is 4.92. The van der Waals surface area contributed by atoms with Crippen molar-refractivity contribution in [1.29, 1.82) is 0 Å². The number of aromatic amines is 1. The number of aliphatic hydroxyl groups excluding tert-OH is 5. The van der Waals surface area contributed by atoms with Gasteiger partial charge < -0.3 is 50.0 Å². The van der Waals surface area contributed by atoms with E-state index in [0.29, 0.717) is 49.3 Å². The van der Waals surface area contributed by atoms with Gasteiger partial charge >= 0.3 is 0 Å². The van der Waals surface area contributed by atoms with Crippen molar-refractivity contribution in [3.8, 4) is 11.5 Å². The van der Waals surface area contributed by atoms with Gasteiger partial charge in [0.15, 0.2) is 12.5 Å². The number of aliphatic imine (C=N–C) groups is 1. The number of nitrogens with zero attached hydrogens (tertiary/aromatic N) is 3. The van der Waals surface area contributed by atoms with E-state index in [0.717, 1.165) is 16.3 Å². The fourth-order valence-electron chi connectivity index (χ4n) is 7.43. The number of phenolic OH excluding ortho intramolecular Hbond substituents is 2. The SMILES string of the molecule is C=CC(CNN1C(=O)c2c(c3c4ccc(O)cc4[nH]c3c3c2c2ccc(O)cc2n3C2OC(CO)C(O)C(O)C2O)C1O)=Nc1ccccc1C. The van der Waals surface area contributed by atoms with E-state index in [1.165, 1.54) is 28.8 Å². The molecule has 6 atom stereocenters. The molecule has 262 valence electrons. The zero-order valence-electron chi connectivity index (χ0n) is 27.2. The highest BCUT2D eigenvalue weighted by molar-refractivity contribution is 6.30. The van der Waals surface area contributed by atoms with Crippen LogP contribution in [-0.2, 0) is 4.74 Å². The topological polar surface area (TPSA) is 216 Å². The second-order valence-electron chi connectivity index (χ2n) is 12.9. The van der Waals surface area contributed by atoms with Gasteiger partial charge in [-0.15, -0.1) is 0 Å². The Hall–Kier alpha value is -5.32. The van der Waals surface area contributed by atoms with E-state index in [-0.39, 0.29) is 29.2 Å². The molecular weight excluding hydrogens is 658 g/mol. The van der Waals surface area contributed by atoms with Gasteiger partial charge in [-0.2, -0.15) is 0 Å². The first-order valence-corrected chi connectivity index (χ1v) is 16.3. The molecule has 6 aromatic rings. The maximum absolute atomic E-state index is 14.6. The highest BCUT2D eigenvalue weighted by Crippen LogP contribution is 2.50. The zero-order valence-corrected chi connectivity index (χ0v) is 27.2. The van der Waals surface area contributed by atoms with E-state index in [1.807, 2.05) is 31.2 Å². The zero-order chi connectivity index (χ0) is 35.9. The van der Waals surface area contributed by atoms with Gasteiger partial charge in [0.1, 0.15) is 35.9 Å². The maximum Gasteiger partial charge on any atom is 0.271 e. The van der Waals surface area contributed by atoms with Crippen LogP contribution in [0.4, 0.5) is 5.69 Å². The Morgan fingerprint density at radius 2 is 1.71 bits per heavy atom. The number of fused-ring (bicyclic) bond motifs is 10. The van der Waals surface area contributed by atoms with Crippen LogP contribution in [0.3, 0.4) is 0 Å². The first kappa shape index (κ1) is 32.9. The second kappa shape index (κ2) is 12.2. The van der Waals surface area contributed by atoms with Crippen LogP contribution in [0, 0.1) is 6.92 Å². The van der Waals surface area contributed by atoms with E-state index in [2.05, 4.69) is 22.0 Å². The molecule has 2 aromatic heterocycles. The Morgan fingerprint density at radius 1 is 0.980 bits per heavy atom. The first-order chi connectivity index (χ1) is 24.5. The molecule has 0 bridgehead atoms. The molecule has 2 aliphatic heterocycles. The summed E-state index contributed by atoms with van der Waals surface area (Å²) in [5.41, 5.74) is 7.06. The third-order valence-electron chi connectivity index (χ3n) is 9.90. The minimum Gasteiger partial charge on any atom is -0.508 e. The second-order valence-corrected chi connectivity index (χ2v) is 12.9. The number of amides is 1. The number of hydrogen-bond donors (Lipinski definition) is 9. The smallest absolute Gasteiger partial charge is 0.271 e. The number of nitrogens with one attached hydrogen (secondary N) is 2. The number of aromatic hydroxyl groups is 2. The molecule has 2 aliphatic rings. The Labute approximate surface area is 289 Å². The van der Waals surface area contributed by atoms with Gasteiger partial charge in [-0.05, 0) is 48.9 Å². The molecule has 14 heteroatoms. The van der Waals surface area contributed by atoms with Crippen LogP contribution in [0.2, 0.25) is 0 Å². The summed E-state index contributed by atoms with van der Waals surface area (Å²) in [4.78, 5) is 22.6. The lowest BCUT2D eigenvalue weighted by Gasteiger charge is -2.41. The van der Waals surface area contributed by atoms with Crippen LogP contribution in [0.1, 0.15) is 33.9 Å². The van der Waals surface area contributed by atoms with Gasteiger partial charge in [-0.3, -0.25) is 9.79 Å². The fourth-order valence-corrected chi connectivity index (χ4v) is 7.43. The number of aromatic nitrogens is 2. The number of phenols is 2. The van der Waals surface area contributed by atoms with Crippen molar-refractivity contribution in [3.05, 3.63) is 90.0 Å². The molecule has 8 rings (SSSR count). The summed E-state index contributed by atoms with van der Waals surface area (Å²) in [5, 5.41) is 78.7. The lowest BCUT2D eigenvalue weighted by Crippen LogP contribution is -2.56. The lowest BCUT2D eigenvalue weighted by atomic mass is 9.96. The van der Waals surface area contributed by atoms with Gasteiger partial charge in [-0.25, -0.2) is 10.4 Å². The lowest BCUT2D eigenvalue weighted by molar-refractivity contribution is -0.249. The Bertz CT molecular complexity index is 2430. The number of ether oxygens (including phenoxy) is 1. The van der Waals surface area contributed by atoms with Crippen molar-refractivity contribution in [2.45, 2.75) is 43.8 Å². The average molecular weight is 694 g/mol. The predicted octanol–water partition coefficient (Wildman–Crippen LogP) is 3.03. The van der Waals surface area contributed by atoms with Crippen molar-refractivity contribution in [2.24, 2.45) is 4.99 Å². The summed E-state index contributed by atoms with van der Waals surface area (Å²) in [6.07, 6.45) is -7.70. The minimum absolute atomic E-state index is 0.0309. The molecule has 1 saturated heterocycles. The van der Waals surface area contributed by atoms with Gasteiger partial charge in [-0.1, -0.05) is 24.8 Å². The molecule has 6 unspecified atom stereocenters. The van der Waals surface area contributed by atoms with Crippen LogP contribution in [0.15, 0.2) is 78.3 Å². The molecule has 4 aromatic carbocycles. The van der Waals surface area contributed by atoms with Crippen molar-refractivity contribution in [1.82, 2.24) is 20.0 Å². The van der Waals surface area contributed by atoms with Crippen LogP contribution >= 0.6 is 0 Å². The predicted molar refractivity (Wildman–Crippen MR) is 189 cm³/mol. The van der Waals surface area contributed by atoms with E-state index in [1.54, 1.807) is 18.2 Å². The molecule has 0 aliphatic carbocycles. The normalized spacial score (nSPS) is 24.0. The van der Waals surface area contributed by atoms with Crippen molar-refractivity contribution in [2.75, 3.05) is 13.2 Å². The molecule has 14 nitrogen and oxygen atoms in total. The number of carbonyl (C=O) groups is 1. The standard InChI is InChI=1S/C37H35N5O9/c1-3-17(39-22-7-5-4-6-16(22)2)14-38-42-35(49)28-26-20-10-8-18(44)12-23(20)40-30(26)31-27(29(28)36(42)50)21-11-9-19(45)13-24(21)41(31)37-34(48)33(47)32(46)25(15-43)51-37/h3-13,25,32-35,37-38,40,43-49H,1,14-15H2,2H3. The summed E-state index contributed by atoms with van der Waals surface area (Å²) >= 11 is 0. The van der Waals surface area contributed by atoms with Crippen LogP contribution < -0.4 is 5.43 Å². The number of aliphatic hydroxyl groups is 5. The molecule has 51 heavy (non-hydrogen) atoms. The molecule has 1 amide bonds. The largest absolute Gasteiger partial charge is 0.508 e. The van der Waals surface area contributed by atoms with Gasteiger partial charge in [0.25, 0.3) is 5.91 Å². The van der Waals surface area contributed by atoms with Crippen LogP contribution in [-0.4, -0.2) is 99.5 Å².